The van der Waals surface area contributed by atoms with Gasteiger partial charge in [-0.25, -0.2) is 0 Å². The Kier molecular flexibility index (Phi) is 2.34. The molecule has 60 valence electrons. The van der Waals surface area contributed by atoms with Crippen LogP contribution < -0.4 is 0 Å². The minimum Gasteiger partial charge on any atom is -0.269 e. The molecule has 0 aromatic carbocycles. The van der Waals surface area contributed by atoms with Gasteiger partial charge in [0.2, 0.25) is 0 Å². The minimum absolute atomic E-state index is 0.0648. The molecule has 0 spiro atoms. The summed E-state index contributed by atoms with van der Waals surface area (Å²) in [6.07, 6.45) is 4.47. The number of carbonyl (C=O) groups excluding carboxylic acids is 2. The molecule has 1 heterocycles. The molecule has 1 atom stereocenters. The lowest BCUT2D eigenvalue weighted by molar-refractivity contribution is -0.137. The van der Waals surface area contributed by atoms with E-state index < -0.39 is 0 Å². The summed E-state index contributed by atoms with van der Waals surface area (Å²) < 4.78 is 0. The normalized spacial score (nSPS) is 19.6. The third-order valence-corrected chi connectivity index (χ3v) is 2.44. The molecule has 1 rings (SSSR count). The average molecular weight is 171 g/mol. The largest absolute Gasteiger partial charge is 0.269 e. The van der Waals surface area contributed by atoms with Crippen molar-refractivity contribution in [3.05, 3.63) is 12.2 Å². The Morgan fingerprint density at radius 2 is 1.82 bits per heavy atom. The van der Waals surface area contributed by atoms with Crippen molar-refractivity contribution < 1.29 is 9.59 Å². The number of hydrogen-bond donors (Lipinski definition) is 0. The summed E-state index contributed by atoms with van der Waals surface area (Å²) in [6.45, 7) is 1.83. The molecule has 3 nitrogen and oxygen atoms in total. The van der Waals surface area contributed by atoms with Crippen molar-refractivity contribution in [1.29, 1.82) is 0 Å². The fourth-order valence-corrected chi connectivity index (χ4v) is 1.29. The first-order valence-electron chi connectivity index (χ1n) is 3.25. The van der Waals surface area contributed by atoms with Gasteiger partial charge in [0.05, 0.1) is 5.37 Å². The molecule has 0 aliphatic carbocycles. The van der Waals surface area contributed by atoms with Crippen molar-refractivity contribution in [2.45, 2.75) is 12.3 Å². The van der Waals surface area contributed by atoms with Gasteiger partial charge in [0.1, 0.15) is 0 Å². The van der Waals surface area contributed by atoms with Crippen LogP contribution in [-0.4, -0.2) is 28.3 Å². The highest BCUT2D eigenvalue weighted by atomic mass is 32.2. The van der Waals surface area contributed by atoms with Crippen LogP contribution in [0.25, 0.3) is 0 Å². The van der Waals surface area contributed by atoms with E-state index in [0.717, 1.165) is 0 Å². The van der Waals surface area contributed by atoms with Crippen molar-refractivity contribution >= 4 is 23.6 Å². The van der Waals surface area contributed by atoms with E-state index >= 15 is 0 Å². The van der Waals surface area contributed by atoms with Gasteiger partial charge in [0, 0.05) is 12.2 Å². The maximum absolute atomic E-state index is 11.0. The second-order valence-electron chi connectivity index (χ2n) is 2.21. The number of hydrogen-bond acceptors (Lipinski definition) is 3. The molecule has 2 amide bonds. The molecule has 4 heteroatoms. The summed E-state index contributed by atoms with van der Waals surface area (Å²) in [7, 11) is 0. The van der Waals surface area contributed by atoms with Gasteiger partial charge in [-0.2, -0.15) is 0 Å². The lowest BCUT2D eigenvalue weighted by Crippen LogP contribution is -2.35. The number of imide groups is 1. The van der Waals surface area contributed by atoms with E-state index in [0.29, 0.717) is 0 Å². The van der Waals surface area contributed by atoms with E-state index in [1.807, 2.05) is 13.2 Å². The summed E-state index contributed by atoms with van der Waals surface area (Å²) in [4.78, 5) is 23.2. The van der Waals surface area contributed by atoms with Gasteiger partial charge >= 0.3 is 0 Å². The number of amides is 2. The summed E-state index contributed by atoms with van der Waals surface area (Å²) >= 11 is 1.47. The van der Waals surface area contributed by atoms with E-state index in [2.05, 4.69) is 0 Å². The van der Waals surface area contributed by atoms with Gasteiger partial charge in [-0.05, 0) is 13.2 Å². The Morgan fingerprint density at radius 3 is 2.18 bits per heavy atom. The van der Waals surface area contributed by atoms with Crippen LogP contribution in [0.4, 0.5) is 0 Å². The van der Waals surface area contributed by atoms with Crippen LogP contribution in [0, 0.1) is 0 Å². The number of thioether (sulfide) groups is 1. The van der Waals surface area contributed by atoms with Crippen molar-refractivity contribution in [2.75, 3.05) is 6.26 Å². The van der Waals surface area contributed by atoms with E-state index in [1.54, 1.807) is 0 Å². The Labute approximate surface area is 69.4 Å². The Hall–Kier alpha value is -0.770. The Bertz CT molecular complexity index is 206. The molecule has 0 fully saturated rings. The summed E-state index contributed by atoms with van der Waals surface area (Å²) in [5, 5.41) is -0.0648. The zero-order chi connectivity index (χ0) is 8.43. The van der Waals surface area contributed by atoms with Gasteiger partial charge in [0.15, 0.2) is 0 Å². The topological polar surface area (TPSA) is 37.4 Å². The highest BCUT2D eigenvalue weighted by Gasteiger charge is 2.27. The van der Waals surface area contributed by atoms with E-state index in [1.165, 1.54) is 28.8 Å². The van der Waals surface area contributed by atoms with Crippen molar-refractivity contribution in [2.24, 2.45) is 0 Å². The zero-order valence-corrected chi connectivity index (χ0v) is 7.22. The monoisotopic (exact) mass is 171 g/mol. The van der Waals surface area contributed by atoms with Gasteiger partial charge in [-0.15, -0.1) is 11.8 Å². The highest BCUT2D eigenvalue weighted by molar-refractivity contribution is 7.99. The van der Waals surface area contributed by atoms with Crippen LogP contribution in [0.3, 0.4) is 0 Å². The maximum atomic E-state index is 11.0. The average Bonchev–Trinajstić information content (AvgIpc) is 2.30. The van der Waals surface area contributed by atoms with Gasteiger partial charge in [-0.3, -0.25) is 14.5 Å². The second-order valence-corrected chi connectivity index (χ2v) is 3.37. The SMILES string of the molecule is CSC(C)N1C(=O)C=CC1=O. The second kappa shape index (κ2) is 3.09. The standard InChI is InChI=1S/C7H9NO2S/c1-5(11-2)8-6(9)3-4-7(8)10/h3-5H,1-2H3. The third-order valence-electron chi connectivity index (χ3n) is 1.55. The van der Waals surface area contributed by atoms with Crippen LogP contribution in [0.2, 0.25) is 0 Å². The molecule has 0 bridgehead atoms. The van der Waals surface area contributed by atoms with Crippen LogP contribution in [-0.2, 0) is 9.59 Å². The van der Waals surface area contributed by atoms with E-state index in [9.17, 15) is 9.59 Å². The molecule has 1 aliphatic rings. The van der Waals surface area contributed by atoms with Gasteiger partial charge in [-0.1, -0.05) is 0 Å². The molecule has 11 heavy (non-hydrogen) atoms. The fraction of sp³-hybridized carbons (Fsp3) is 0.429. The lowest BCUT2D eigenvalue weighted by atomic mass is 10.5. The summed E-state index contributed by atoms with van der Waals surface area (Å²) in [5.74, 6) is -0.422. The van der Waals surface area contributed by atoms with Crippen LogP contribution in [0.15, 0.2) is 12.2 Å². The number of carbonyl (C=O) groups is 2. The molecule has 1 aliphatic heterocycles. The first-order valence-corrected chi connectivity index (χ1v) is 4.53. The lowest BCUT2D eigenvalue weighted by Gasteiger charge is -2.19. The van der Waals surface area contributed by atoms with Crippen LogP contribution in [0.1, 0.15) is 6.92 Å². The predicted molar refractivity (Wildman–Crippen MR) is 44.0 cm³/mol. The molecule has 0 aromatic rings. The molecule has 0 aromatic heterocycles. The van der Waals surface area contributed by atoms with Crippen molar-refractivity contribution in [3.63, 3.8) is 0 Å². The molecule has 0 radical (unpaired) electrons. The smallest absolute Gasteiger partial charge is 0.254 e. The first kappa shape index (κ1) is 8.33. The molecular weight excluding hydrogens is 162 g/mol. The zero-order valence-electron chi connectivity index (χ0n) is 6.40. The Morgan fingerprint density at radius 1 is 1.36 bits per heavy atom. The van der Waals surface area contributed by atoms with E-state index in [4.69, 9.17) is 0 Å². The van der Waals surface area contributed by atoms with Gasteiger partial charge < -0.3 is 0 Å². The quantitative estimate of drug-likeness (QED) is 0.571. The molecule has 0 N–H and O–H groups in total. The van der Waals surface area contributed by atoms with Crippen LogP contribution in [0.5, 0.6) is 0 Å². The number of rotatable bonds is 2. The van der Waals surface area contributed by atoms with Crippen molar-refractivity contribution in [3.8, 4) is 0 Å². The van der Waals surface area contributed by atoms with E-state index in [-0.39, 0.29) is 17.2 Å². The Balaban J connectivity index is 2.73. The third kappa shape index (κ3) is 1.45. The molecular formula is C7H9NO2S. The maximum Gasteiger partial charge on any atom is 0.254 e. The predicted octanol–water partition coefficient (Wildman–Crippen LogP) is 0.620. The summed E-state index contributed by atoms with van der Waals surface area (Å²) in [6, 6.07) is 0. The molecule has 1 unspecified atom stereocenters. The fourth-order valence-electron chi connectivity index (χ4n) is 0.876. The molecule has 0 saturated carbocycles. The molecule has 0 saturated heterocycles. The first-order chi connectivity index (χ1) is 5.16. The number of nitrogens with zero attached hydrogens (tertiary/aromatic N) is 1. The highest BCUT2D eigenvalue weighted by Crippen LogP contribution is 2.16. The van der Waals surface area contributed by atoms with Gasteiger partial charge in [0.25, 0.3) is 11.8 Å². The summed E-state index contributed by atoms with van der Waals surface area (Å²) in [5.41, 5.74) is 0. The van der Waals surface area contributed by atoms with Crippen LogP contribution >= 0.6 is 11.8 Å². The minimum atomic E-state index is -0.211. The van der Waals surface area contributed by atoms with Crippen molar-refractivity contribution in [1.82, 2.24) is 4.90 Å².